The molecule has 3 aromatic carbocycles. The van der Waals surface area contributed by atoms with E-state index < -0.39 is 0 Å². The van der Waals surface area contributed by atoms with E-state index >= 15 is 0 Å². The highest BCUT2D eigenvalue weighted by Crippen LogP contribution is 2.21. The fraction of sp³-hybridized carbons (Fsp3) is 0.0909. The molecule has 1 aromatic heterocycles. The average molecular weight is 403 g/mol. The molecule has 0 spiro atoms. The first kappa shape index (κ1) is 19.3. The van der Waals surface area contributed by atoms with Gasteiger partial charge in [-0.3, -0.25) is 4.79 Å². The van der Waals surface area contributed by atoms with E-state index in [0.29, 0.717) is 18.0 Å². The Hall–Kier alpha value is -4.07. The SMILES string of the molecule is O=C(Cc1ccc(-n2cnnn2)cc1)NCc1ccc(Oc2ccc(F)cc2)cc1. The Bertz CT molecular complexity index is 1100. The van der Waals surface area contributed by atoms with Crippen LogP contribution in [-0.2, 0) is 17.8 Å². The number of ether oxygens (including phenoxy) is 1. The summed E-state index contributed by atoms with van der Waals surface area (Å²) in [5, 5.41) is 13.9. The molecule has 1 heterocycles. The Morgan fingerprint density at radius 3 is 2.17 bits per heavy atom. The summed E-state index contributed by atoms with van der Waals surface area (Å²) in [6.45, 7) is 0.415. The number of tetrazole rings is 1. The first-order chi connectivity index (χ1) is 14.7. The molecule has 0 saturated carbocycles. The minimum absolute atomic E-state index is 0.0724. The number of halogens is 1. The lowest BCUT2D eigenvalue weighted by Crippen LogP contribution is -2.24. The van der Waals surface area contributed by atoms with Crippen LogP contribution < -0.4 is 10.1 Å². The summed E-state index contributed by atoms with van der Waals surface area (Å²) >= 11 is 0. The first-order valence-corrected chi connectivity index (χ1v) is 9.27. The molecule has 0 radical (unpaired) electrons. The van der Waals surface area contributed by atoms with Gasteiger partial charge in [0.2, 0.25) is 5.91 Å². The third-order valence-electron chi connectivity index (χ3n) is 4.38. The highest BCUT2D eigenvalue weighted by atomic mass is 19.1. The van der Waals surface area contributed by atoms with Crippen molar-refractivity contribution in [3.8, 4) is 17.2 Å². The van der Waals surface area contributed by atoms with Gasteiger partial charge in [0.15, 0.2) is 0 Å². The standard InChI is InChI=1S/C22H18FN5O2/c23-18-5-11-21(12-6-18)30-20-9-3-17(4-10-20)14-24-22(29)13-16-1-7-19(8-2-16)28-15-25-26-27-28/h1-12,15H,13-14H2,(H,24,29). The van der Waals surface area contributed by atoms with Crippen molar-refractivity contribution in [2.75, 3.05) is 0 Å². The zero-order valence-corrected chi connectivity index (χ0v) is 15.9. The number of hydrogen-bond donors (Lipinski definition) is 1. The fourth-order valence-electron chi connectivity index (χ4n) is 2.81. The van der Waals surface area contributed by atoms with Crippen LogP contribution in [0.1, 0.15) is 11.1 Å². The van der Waals surface area contributed by atoms with Gasteiger partial charge in [-0.05, 0) is 70.1 Å². The van der Waals surface area contributed by atoms with Crippen molar-refractivity contribution in [2.45, 2.75) is 13.0 Å². The monoisotopic (exact) mass is 403 g/mol. The molecule has 0 aliphatic heterocycles. The van der Waals surface area contributed by atoms with Crippen LogP contribution in [0.4, 0.5) is 4.39 Å². The summed E-state index contributed by atoms with van der Waals surface area (Å²) in [7, 11) is 0. The Morgan fingerprint density at radius 1 is 0.900 bits per heavy atom. The lowest BCUT2D eigenvalue weighted by atomic mass is 10.1. The van der Waals surface area contributed by atoms with Gasteiger partial charge in [0, 0.05) is 6.54 Å². The van der Waals surface area contributed by atoms with Gasteiger partial charge in [-0.15, -0.1) is 5.10 Å². The molecule has 1 amide bonds. The van der Waals surface area contributed by atoms with Gasteiger partial charge in [0.25, 0.3) is 0 Å². The van der Waals surface area contributed by atoms with E-state index in [1.165, 1.54) is 18.5 Å². The zero-order valence-electron chi connectivity index (χ0n) is 15.9. The Kier molecular flexibility index (Phi) is 5.75. The van der Waals surface area contributed by atoms with E-state index in [2.05, 4.69) is 20.8 Å². The van der Waals surface area contributed by atoms with E-state index in [4.69, 9.17) is 4.74 Å². The average Bonchev–Trinajstić information content (AvgIpc) is 3.30. The van der Waals surface area contributed by atoms with Crippen LogP contribution >= 0.6 is 0 Å². The minimum Gasteiger partial charge on any atom is -0.457 e. The molecule has 4 rings (SSSR count). The zero-order chi connectivity index (χ0) is 20.8. The van der Waals surface area contributed by atoms with Crippen LogP contribution in [0, 0.1) is 5.82 Å². The Balaban J connectivity index is 1.27. The molecule has 0 unspecified atom stereocenters. The van der Waals surface area contributed by atoms with Gasteiger partial charge < -0.3 is 10.1 Å². The number of carbonyl (C=O) groups excluding carboxylic acids is 1. The molecule has 30 heavy (non-hydrogen) atoms. The van der Waals surface area contributed by atoms with Gasteiger partial charge in [-0.2, -0.15) is 0 Å². The Labute approximate surface area is 172 Å². The first-order valence-electron chi connectivity index (χ1n) is 9.27. The van der Waals surface area contributed by atoms with Crippen LogP contribution in [0.15, 0.2) is 79.1 Å². The highest BCUT2D eigenvalue weighted by molar-refractivity contribution is 5.78. The van der Waals surface area contributed by atoms with Crippen molar-refractivity contribution in [1.82, 2.24) is 25.5 Å². The van der Waals surface area contributed by atoms with Gasteiger partial charge in [0.05, 0.1) is 12.1 Å². The summed E-state index contributed by atoms with van der Waals surface area (Å²) in [6, 6.07) is 20.7. The van der Waals surface area contributed by atoms with E-state index in [9.17, 15) is 9.18 Å². The predicted molar refractivity (Wildman–Crippen MR) is 108 cm³/mol. The molecular formula is C22H18FN5O2. The molecule has 0 atom stereocenters. The van der Waals surface area contributed by atoms with Crippen LogP contribution in [-0.4, -0.2) is 26.1 Å². The molecule has 0 saturated heterocycles. The molecule has 0 bridgehead atoms. The Morgan fingerprint density at radius 2 is 1.53 bits per heavy atom. The number of nitrogens with zero attached hydrogens (tertiary/aromatic N) is 4. The molecule has 7 nitrogen and oxygen atoms in total. The predicted octanol–water partition coefficient (Wildman–Crippen LogP) is 3.45. The van der Waals surface area contributed by atoms with Crippen molar-refractivity contribution in [1.29, 1.82) is 0 Å². The third kappa shape index (κ3) is 5.05. The van der Waals surface area contributed by atoms with Crippen molar-refractivity contribution >= 4 is 5.91 Å². The lowest BCUT2D eigenvalue weighted by molar-refractivity contribution is -0.120. The van der Waals surface area contributed by atoms with Crippen molar-refractivity contribution in [3.63, 3.8) is 0 Å². The second kappa shape index (κ2) is 8.95. The molecule has 8 heteroatoms. The topological polar surface area (TPSA) is 81.9 Å². The molecule has 0 fully saturated rings. The maximum atomic E-state index is 12.9. The molecule has 150 valence electrons. The van der Waals surface area contributed by atoms with Gasteiger partial charge >= 0.3 is 0 Å². The number of amides is 1. The molecular weight excluding hydrogens is 385 g/mol. The van der Waals surface area contributed by atoms with Crippen molar-refractivity contribution < 1.29 is 13.9 Å². The third-order valence-corrected chi connectivity index (χ3v) is 4.38. The number of nitrogens with one attached hydrogen (secondary N) is 1. The number of benzene rings is 3. The van der Waals surface area contributed by atoms with Crippen LogP contribution in [0.2, 0.25) is 0 Å². The number of carbonyl (C=O) groups is 1. The number of hydrogen-bond acceptors (Lipinski definition) is 5. The second-order valence-corrected chi connectivity index (χ2v) is 6.57. The van der Waals surface area contributed by atoms with Gasteiger partial charge in [-0.25, -0.2) is 9.07 Å². The summed E-state index contributed by atoms with van der Waals surface area (Å²) < 4.78 is 20.2. The van der Waals surface area contributed by atoms with Crippen LogP contribution in [0.3, 0.4) is 0 Å². The maximum absolute atomic E-state index is 12.9. The normalized spacial score (nSPS) is 10.6. The summed E-state index contributed by atoms with van der Waals surface area (Å²) in [5.74, 6) is 0.816. The molecule has 0 aliphatic rings. The summed E-state index contributed by atoms with van der Waals surface area (Å²) in [5.41, 5.74) is 2.67. The maximum Gasteiger partial charge on any atom is 0.224 e. The molecule has 1 N–H and O–H groups in total. The van der Waals surface area contributed by atoms with E-state index in [1.807, 2.05) is 48.5 Å². The van der Waals surface area contributed by atoms with Crippen LogP contribution in [0.25, 0.3) is 5.69 Å². The quantitative estimate of drug-likeness (QED) is 0.511. The fourth-order valence-corrected chi connectivity index (χ4v) is 2.81. The van der Waals surface area contributed by atoms with E-state index in [1.54, 1.807) is 16.8 Å². The smallest absolute Gasteiger partial charge is 0.224 e. The van der Waals surface area contributed by atoms with E-state index in [-0.39, 0.29) is 18.1 Å². The number of rotatable bonds is 7. The van der Waals surface area contributed by atoms with Gasteiger partial charge in [-0.1, -0.05) is 24.3 Å². The largest absolute Gasteiger partial charge is 0.457 e. The molecule has 4 aromatic rings. The lowest BCUT2D eigenvalue weighted by Gasteiger charge is -2.08. The highest BCUT2D eigenvalue weighted by Gasteiger charge is 2.05. The van der Waals surface area contributed by atoms with Gasteiger partial charge in [0.1, 0.15) is 23.6 Å². The van der Waals surface area contributed by atoms with Crippen molar-refractivity contribution in [3.05, 3.63) is 96.1 Å². The minimum atomic E-state index is -0.308. The molecule has 0 aliphatic carbocycles. The summed E-state index contributed by atoms with van der Waals surface area (Å²) in [4.78, 5) is 12.2. The number of aromatic nitrogens is 4. The van der Waals surface area contributed by atoms with Crippen LogP contribution in [0.5, 0.6) is 11.5 Å². The van der Waals surface area contributed by atoms with E-state index in [0.717, 1.165) is 16.8 Å². The second-order valence-electron chi connectivity index (χ2n) is 6.57. The van der Waals surface area contributed by atoms with Crippen molar-refractivity contribution in [2.24, 2.45) is 0 Å². The summed E-state index contributed by atoms with van der Waals surface area (Å²) in [6.07, 6.45) is 1.79.